The van der Waals surface area contributed by atoms with E-state index in [2.05, 4.69) is 4.99 Å². The topological polar surface area (TPSA) is 108 Å². The summed E-state index contributed by atoms with van der Waals surface area (Å²) in [5, 5.41) is 10.7. The molecule has 3 amide bonds. The van der Waals surface area contributed by atoms with Crippen LogP contribution in [0.2, 0.25) is 0 Å². The van der Waals surface area contributed by atoms with Crippen molar-refractivity contribution >= 4 is 29.6 Å². The van der Waals surface area contributed by atoms with Gasteiger partial charge in [0.25, 0.3) is 5.91 Å². The summed E-state index contributed by atoms with van der Waals surface area (Å²) < 4.78 is 81.9. The number of nitrogens with zero attached hydrogens (tertiary/aromatic N) is 2. The molecule has 1 heterocycles. The molecule has 2 rings (SSSR count). The number of halogens is 6. The summed E-state index contributed by atoms with van der Waals surface area (Å²) in [5.74, 6) is -12.1. The Balaban J connectivity index is 2.16. The Kier molecular flexibility index (Phi) is 8.29. The van der Waals surface area contributed by atoms with Crippen LogP contribution in [0, 0.1) is 17.7 Å². The van der Waals surface area contributed by atoms with E-state index in [0.29, 0.717) is 0 Å². The molecule has 0 spiro atoms. The molecule has 0 saturated heterocycles. The number of aliphatic imine (C=N–C) groups is 1. The summed E-state index contributed by atoms with van der Waals surface area (Å²) in [6, 6.07) is 3.38. The Morgan fingerprint density at radius 1 is 1.29 bits per heavy atom. The second kappa shape index (κ2) is 10.4. The SMILES string of the molecule is C[C@@H](C(=O)N=CC1C(=O)N(CCO)c2cc(F)ccc2O[C@@H]1C)C(=O)NCC(F)(F)C(F)(F)F. The summed E-state index contributed by atoms with van der Waals surface area (Å²) in [4.78, 5) is 41.5. The minimum atomic E-state index is -5.89. The largest absolute Gasteiger partial charge is 0.487 e. The van der Waals surface area contributed by atoms with Crippen LogP contribution in [0.1, 0.15) is 13.8 Å². The van der Waals surface area contributed by atoms with Gasteiger partial charge in [-0.2, -0.15) is 22.0 Å². The van der Waals surface area contributed by atoms with E-state index in [1.807, 2.05) is 0 Å². The highest BCUT2D eigenvalue weighted by Crippen LogP contribution is 2.36. The van der Waals surface area contributed by atoms with Crippen molar-refractivity contribution in [2.75, 3.05) is 24.6 Å². The van der Waals surface area contributed by atoms with Gasteiger partial charge in [-0.3, -0.25) is 14.4 Å². The fourth-order valence-corrected chi connectivity index (χ4v) is 2.92. The van der Waals surface area contributed by atoms with Crippen LogP contribution >= 0.6 is 0 Å². The molecule has 1 aromatic rings. The van der Waals surface area contributed by atoms with Crippen LogP contribution in [0.15, 0.2) is 23.2 Å². The van der Waals surface area contributed by atoms with Gasteiger partial charge in [0.15, 0.2) is 0 Å². The lowest BCUT2D eigenvalue weighted by atomic mass is 10.0. The predicted molar refractivity (Wildman–Crippen MR) is 106 cm³/mol. The molecule has 1 unspecified atom stereocenters. The first kappa shape index (κ1) is 27.1. The smallest absolute Gasteiger partial charge is 0.455 e. The maximum Gasteiger partial charge on any atom is 0.455 e. The molecule has 0 bridgehead atoms. The third-order valence-electron chi connectivity index (χ3n) is 4.93. The van der Waals surface area contributed by atoms with Gasteiger partial charge in [0.2, 0.25) is 11.8 Å². The van der Waals surface area contributed by atoms with Crippen molar-refractivity contribution in [2.45, 2.75) is 32.1 Å². The van der Waals surface area contributed by atoms with Crippen molar-refractivity contribution in [1.29, 1.82) is 0 Å². The van der Waals surface area contributed by atoms with Gasteiger partial charge in [-0.05, 0) is 26.0 Å². The highest BCUT2D eigenvalue weighted by atomic mass is 19.4. The molecule has 0 radical (unpaired) electrons. The Morgan fingerprint density at radius 2 is 1.94 bits per heavy atom. The molecule has 188 valence electrons. The minimum absolute atomic E-state index is 0.0338. The number of hydrogen-bond donors (Lipinski definition) is 2. The number of β-amino-alcohol motifs (C(OH)–C–C–N with tert-alkyl or cyclic N) is 1. The highest BCUT2D eigenvalue weighted by Gasteiger charge is 2.57. The van der Waals surface area contributed by atoms with Crippen LogP contribution in [0.4, 0.5) is 32.0 Å². The number of aliphatic hydroxyl groups is 1. The molecular weight excluding hydrogens is 476 g/mol. The second-order valence-corrected chi connectivity index (χ2v) is 7.43. The van der Waals surface area contributed by atoms with E-state index in [4.69, 9.17) is 4.74 Å². The number of anilines is 1. The molecule has 2 N–H and O–H groups in total. The maximum atomic E-state index is 13.7. The summed E-state index contributed by atoms with van der Waals surface area (Å²) in [7, 11) is 0. The molecule has 1 aromatic carbocycles. The number of rotatable bonds is 7. The van der Waals surface area contributed by atoms with E-state index in [0.717, 1.165) is 30.2 Å². The minimum Gasteiger partial charge on any atom is -0.487 e. The second-order valence-electron chi connectivity index (χ2n) is 7.43. The van der Waals surface area contributed by atoms with E-state index >= 15 is 0 Å². The van der Waals surface area contributed by atoms with Gasteiger partial charge in [-0.1, -0.05) is 0 Å². The van der Waals surface area contributed by atoms with Crippen molar-refractivity contribution in [3.63, 3.8) is 0 Å². The van der Waals surface area contributed by atoms with E-state index in [1.165, 1.54) is 18.3 Å². The third kappa shape index (κ3) is 6.04. The first-order valence-corrected chi connectivity index (χ1v) is 9.88. The zero-order valence-corrected chi connectivity index (χ0v) is 17.9. The van der Waals surface area contributed by atoms with E-state index in [9.17, 15) is 45.8 Å². The van der Waals surface area contributed by atoms with Gasteiger partial charge in [0.1, 0.15) is 29.5 Å². The fraction of sp³-hybridized carbons (Fsp3) is 0.500. The van der Waals surface area contributed by atoms with Gasteiger partial charge in [0, 0.05) is 18.8 Å². The molecule has 0 aliphatic carbocycles. The molecule has 3 atom stereocenters. The summed E-state index contributed by atoms with van der Waals surface area (Å²) >= 11 is 0. The lowest BCUT2D eigenvalue weighted by molar-refractivity contribution is -0.278. The quantitative estimate of drug-likeness (QED) is 0.341. The lowest BCUT2D eigenvalue weighted by Gasteiger charge is -2.23. The number of carbonyl (C=O) groups excluding carboxylic acids is 3. The molecule has 0 aromatic heterocycles. The molecule has 14 heteroatoms. The lowest BCUT2D eigenvalue weighted by Crippen LogP contribution is -2.48. The van der Waals surface area contributed by atoms with Gasteiger partial charge in [-0.15, -0.1) is 0 Å². The highest BCUT2D eigenvalue weighted by molar-refractivity contribution is 6.09. The number of hydrogen-bond acceptors (Lipinski definition) is 5. The zero-order valence-electron chi connectivity index (χ0n) is 17.9. The van der Waals surface area contributed by atoms with Crippen LogP contribution in [-0.4, -0.2) is 66.9 Å². The van der Waals surface area contributed by atoms with Crippen LogP contribution in [0.25, 0.3) is 0 Å². The Morgan fingerprint density at radius 3 is 2.53 bits per heavy atom. The van der Waals surface area contributed by atoms with Crippen molar-refractivity contribution in [2.24, 2.45) is 16.8 Å². The van der Waals surface area contributed by atoms with Crippen molar-refractivity contribution < 1.29 is 50.6 Å². The normalized spacial score (nSPS) is 19.9. The number of carbonyl (C=O) groups is 3. The van der Waals surface area contributed by atoms with Gasteiger partial charge < -0.3 is 20.1 Å². The predicted octanol–water partition coefficient (Wildman–Crippen LogP) is 2.10. The first-order chi connectivity index (χ1) is 15.7. The van der Waals surface area contributed by atoms with Gasteiger partial charge >= 0.3 is 12.1 Å². The number of alkyl halides is 5. The van der Waals surface area contributed by atoms with Crippen LogP contribution in [0.5, 0.6) is 5.75 Å². The third-order valence-corrected chi connectivity index (χ3v) is 4.93. The number of benzene rings is 1. The number of fused-ring (bicyclic) bond motifs is 1. The zero-order chi connectivity index (χ0) is 25.8. The van der Waals surface area contributed by atoms with Gasteiger partial charge in [-0.25, -0.2) is 9.38 Å². The summed E-state index contributed by atoms with van der Waals surface area (Å²) in [6.07, 6.45) is -5.98. The summed E-state index contributed by atoms with van der Waals surface area (Å²) in [5.41, 5.74) is 0.0338. The van der Waals surface area contributed by atoms with E-state index in [-0.39, 0.29) is 18.0 Å². The van der Waals surface area contributed by atoms with Crippen molar-refractivity contribution in [3.05, 3.63) is 24.0 Å². The number of nitrogens with one attached hydrogen (secondary N) is 1. The van der Waals surface area contributed by atoms with Crippen molar-refractivity contribution in [3.8, 4) is 5.75 Å². The van der Waals surface area contributed by atoms with Crippen molar-refractivity contribution in [1.82, 2.24) is 5.32 Å². The molecular formula is C20H21F6N3O5. The molecule has 0 fully saturated rings. The molecule has 1 aliphatic heterocycles. The Bertz CT molecular complexity index is 969. The first-order valence-electron chi connectivity index (χ1n) is 9.88. The fourth-order valence-electron chi connectivity index (χ4n) is 2.92. The monoisotopic (exact) mass is 497 g/mol. The molecule has 1 aliphatic rings. The van der Waals surface area contributed by atoms with Crippen LogP contribution in [-0.2, 0) is 14.4 Å². The number of ether oxygens (including phenoxy) is 1. The Labute approximate surface area is 189 Å². The molecule has 8 nitrogen and oxygen atoms in total. The number of aliphatic hydroxyl groups excluding tert-OH is 1. The molecule has 0 saturated carbocycles. The van der Waals surface area contributed by atoms with E-state index in [1.54, 1.807) is 0 Å². The van der Waals surface area contributed by atoms with E-state index < -0.39 is 66.7 Å². The maximum absolute atomic E-state index is 13.7. The molecule has 34 heavy (non-hydrogen) atoms. The average Bonchev–Trinajstić information content (AvgIpc) is 2.84. The standard InChI is InChI=1S/C20H21F6N3O5/c1-10(17(32)28-9-19(22,23)20(24,25)26)16(31)27-8-13-11(2)34-15-4-3-12(21)7-14(15)29(5-6-30)18(13)33/h3-4,7-8,10-11,13,30H,5-6,9H2,1-2H3,(H,28,32)/t10-,11+,13?/m0/s1. The number of amides is 3. The Hall–Kier alpha value is -3.16. The summed E-state index contributed by atoms with van der Waals surface area (Å²) in [6.45, 7) is -0.404. The van der Waals surface area contributed by atoms with Crippen LogP contribution in [0.3, 0.4) is 0 Å². The average molecular weight is 497 g/mol. The van der Waals surface area contributed by atoms with Crippen LogP contribution < -0.4 is 15.0 Å². The van der Waals surface area contributed by atoms with Gasteiger partial charge in [0.05, 0.1) is 18.8 Å².